The third-order valence-electron chi connectivity index (χ3n) is 6.86. The summed E-state index contributed by atoms with van der Waals surface area (Å²) in [4.78, 5) is 56.0. The Kier molecular flexibility index (Phi) is 5.43. The number of benzene rings is 1. The molecule has 3 aliphatic rings. The lowest BCUT2D eigenvalue weighted by atomic mass is 9.94. The van der Waals surface area contributed by atoms with E-state index in [1.807, 2.05) is 17.0 Å². The summed E-state index contributed by atoms with van der Waals surface area (Å²) in [6, 6.07) is 8.49. The van der Waals surface area contributed by atoms with Crippen molar-refractivity contribution in [3.8, 4) is 0 Å². The van der Waals surface area contributed by atoms with Crippen molar-refractivity contribution in [1.82, 2.24) is 20.5 Å². The molecule has 3 N–H and O–H groups in total. The van der Waals surface area contributed by atoms with Gasteiger partial charge in [-0.2, -0.15) is 0 Å². The highest BCUT2D eigenvalue weighted by Gasteiger charge is 2.57. The van der Waals surface area contributed by atoms with Crippen molar-refractivity contribution in [2.24, 2.45) is 0 Å². The summed E-state index contributed by atoms with van der Waals surface area (Å²) in [7, 11) is 1.51. The number of nitrogens with zero attached hydrogens (tertiary/aromatic N) is 2. The summed E-state index contributed by atoms with van der Waals surface area (Å²) >= 11 is 0. The molecule has 2 saturated heterocycles. The van der Waals surface area contributed by atoms with Crippen LogP contribution in [0.15, 0.2) is 42.7 Å². The van der Waals surface area contributed by atoms with Gasteiger partial charge in [-0.15, -0.1) is 0 Å². The van der Waals surface area contributed by atoms with Gasteiger partial charge in [0.05, 0.1) is 6.04 Å². The Balaban J connectivity index is 1.44. The van der Waals surface area contributed by atoms with Crippen LogP contribution in [-0.2, 0) is 19.9 Å². The minimum atomic E-state index is -1.46. The first-order chi connectivity index (χ1) is 16.4. The summed E-state index contributed by atoms with van der Waals surface area (Å²) in [6.07, 6.45) is 4.78. The van der Waals surface area contributed by atoms with Crippen molar-refractivity contribution in [1.29, 1.82) is 0 Å². The van der Waals surface area contributed by atoms with E-state index in [0.29, 0.717) is 23.4 Å². The molecule has 1 aromatic heterocycles. The molecule has 2 aliphatic heterocycles. The van der Waals surface area contributed by atoms with E-state index in [-0.39, 0.29) is 36.7 Å². The van der Waals surface area contributed by atoms with Gasteiger partial charge in [-0.3, -0.25) is 19.9 Å². The number of hydrogen-bond acceptors (Lipinski definition) is 6. The first-order valence-electron chi connectivity index (χ1n) is 11.3. The average Bonchev–Trinajstić information content (AvgIpc) is 3.51. The number of carbonyl (C=O) groups is 4. The number of ether oxygens (including phenoxy) is 1. The fourth-order valence-electron chi connectivity index (χ4n) is 5.34. The molecular weight excluding hydrogens is 438 g/mol. The van der Waals surface area contributed by atoms with Crippen LogP contribution in [0.1, 0.15) is 54.3 Å². The van der Waals surface area contributed by atoms with E-state index in [4.69, 9.17) is 4.74 Å². The summed E-state index contributed by atoms with van der Waals surface area (Å²) in [5.74, 6) is -0.926. The highest BCUT2D eigenvalue weighted by molar-refractivity contribution is 6.04. The summed E-state index contributed by atoms with van der Waals surface area (Å²) < 4.78 is 5.49. The van der Waals surface area contributed by atoms with Crippen molar-refractivity contribution >= 4 is 29.6 Å². The SMILES string of the molecule is CNC(=O)Nc1ccc2c(c1)C(CC(=O)N1CCCC1c1cccnc1)C[C@@]21OC(=O)NC1=O. The second kappa shape index (κ2) is 8.44. The quantitative estimate of drug-likeness (QED) is 0.639. The number of pyridine rings is 1. The minimum absolute atomic E-state index is 0.0336. The highest BCUT2D eigenvalue weighted by atomic mass is 16.6. The second-order valence-electron chi connectivity index (χ2n) is 8.81. The van der Waals surface area contributed by atoms with Gasteiger partial charge in [0.25, 0.3) is 5.91 Å². The molecule has 2 aromatic rings. The van der Waals surface area contributed by atoms with Crippen LogP contribution in [0.4, 0.5) is 15.3 Å². The van der Waals surface area contributed by atoms with E-state index in [1.165, 1.54) is 7.05 Å². The predicted octanol–water partition coefficient (Wildman–Crippen LogP) is 2.54. The Morgan fingerprint density at radius 2 is 2.15 bits per heavy atom. The largest absolute Gasteiger partial charge is 0.427 e. The lowest BCUT2D eigenvalue weighted by Gasteiger charge is -2.26. The van der Waals surface area contributed by atoms with Gasteiger partial charge in [-0.1, -0.05) is 12.1 Å². The van der Waals surface area contributed by atoms with Crippen LogP contribution in [0.2, 0.25) is 0 Å². The van der Waals surface area contributed by atoms with E-state index in [2.05, 4.69) is 20.9 Å². The van der Waals surface area contributed by atoms with Crippen LogP contribution >= 0.6 is 0 Å². The van der Waals surface area contributed by atoms with Gasteiger partial charge < -0.3 is 20.3 Å². The van der Waals surface area contributed by atoms with Crippen LogP contribution in [-0.4, -0.2) is 47.4 Å². The molecule has 176 valence electrons. The van der Waals surface area contributed by atoms with E-state index in [0.717, 1.165) is 18.4 Å². The number of anilines is 1. The summed E-state index contributed by atoms with van der Waals surface area (Å²) in [5.41, 5.74) is 1.31. The zero-order valence-corrected chi connectivity index (χ0v) is 18.7. The average molecular weight is 463 g/mol. The molecule has 1 spiro atoms. The lowest BCUT2D eigenvalue weighted by Crippen LogP contribution is -2.35. The van der Waals surface area contributed by atoms with Gasteiger partial charge >= 0.3 is 12.1 Å². The van der Waals surface area contributed by atoms with Gasteiger partial charge in [0, 0.05) is 50.1 Å². The Morgan fingerprint density at radius 3 is 2.85 bits per heavy atom. The van der Waals surface area contributed by atoms with E-state index in [9.17, 15) is 19.2 Å². The van der Waals surface area contributed by atoms with Gasteiger partial charge in [-0.25, -0.2) is 9.59 Å². The van der Waals surface area contributed by atoms with Crippen molar-refractivity contribution < 1.29 is 23.9 Å². The molecule has 0 bridgehead atoms. The van der Waals surface area contributed by atoms with Crippen LogP contribution in [0.5, 0.6) is 0 Å². The van der Waals surface area contributed by atoms with Gasteiger partial charge in [0.1, 0.15) is 0 Å². The monoisotopic (exact) mass is 463 g/mol. The summed E-state index contributed by atoms with van der Waals surface area (Å²) in [6.45, 7) is 0.650. The topological polar surface area (TPSA) is 130 Å². The molecule has 2 unspecified atom stereocenters. The molecule has 1 aliphatic carbocycles. The minimum Gasteiger partial charge on any atom is -0.427 e. The molecule has 10 heteroatoms. The Labute approximate surface area is 196 Å². The van der Waals surface area contributed by atoms with Crippen molar-refractivity contribution in [2.45, 2.75) is 43.2 Å². The number of alkyl carbamates (subject to hydrolysis) is 1. The van der Waals surface area contributed by atoms with Crippen molar-refractivity contribution in [3.05, 3.63) is 59.4 Å². The maximum atomic E-state index is 13.5. The number of likely N-dealkylation sites (tertiary alicyclic amines) is 1. The van der Waals surface area contributed by atoms with Crippen molar-refractivity contribution in [3.63, 3.8) is 0 Å². The van der Waals surface area contributed by atoms with Crippen molar-refractivity contribution in [2.75, 3.05) is 18.9 Å². The first-order valence-corrected chi connectivity index (χ1v) is 11.3. The van der Waals surface area contributed by atoms with E-state index < -0.39 is 17.6 Å². The zero-order chi connectivity index (χ0) is 23.9. The Hall–Kier alpha value is -3.95. The number of amides is 5. The normalized spacial score (nSPS) is 25.1. The smallest absolute Gasteiger partial charge is 0.415 e. The van der Waals surface area contributed by atoms with Crippen LogP contribution < -0.4 is 16.0 Å². The third kappa shape index (κ3) is 3.64. The van der Waals surface area contributed by atoms with E-state index in [1.54, 1.807) is 30.6 Å². The maximum Gasteiger partial charge on any atom is 0.415 e. The number of nitrogens with one attached hydrogen (secondary N) is 3. The number of carbonyl (C=O) groups excluding carboxylic acids is 4. The van der Waals surface area contributed by atoms with Gasteiger partial charge in [0.15, 0.2) is 0 Å². The third-order valence-corrected chi connectivity index (χ3v) is 6.86. The number of urea groups is 1. The maximum absolute atomic E-state index is 13.5. The van der Waals surface area contributed by atoms with Crippen LogP contribution in [0.3, 0.4) is 0 Å². The molecule has 2 fully saturated rings. The predicted molar refractivity (Wildman–Crippen MR) is 121 cm³/mol. The molecule has 34 heavy (non-hydrogen) atoms. The fourth-order valence-corrected chi connectivity index (χ4v) is 5.34. The Morgan fingerprint density at radius 1 is 1.29 bits per heavy atom. The molecule has 3 atom stereocenters. The zero-order valence-electron chi connectivity index (χ0n) is 18.7. The standard InChI is InChI=1S/C24H25N5O5/c1-25-22(32)27-16-6-7-18-17(11-16)15(12-24(18)21(31)28-23(33)34-24)10-20(30)29-9-3-5-19(29)14-4-2-8-26-13-14/h2,4,6-8,11,13,15,19H,3,5,9-10,12H2,1H3,(H2,25,27,32)(H,28,31,33)/t15?,19?,24-/m1/s1. The Bertz CT molecular complexity index is 1170. The molecule has 0 saturated carbocycles. The first kappa shape index (κ1) is 21.9. The number of aromatic nitrogens is 1. The number of hydrogen-bond donors (Lipinski definition) is 3. The van der Waals surface area contributed by atoms with E-state index >= 15 is 0 Å². The second-order valence-corrected chi connectivity index (χ2v) is 8.81. The van der Waals surface area contributed by atoms with Gasteiger partial charge in [0.2, 0.25) is 11.5 Å². The van der Waals surface area contributed by atoms with Gasteiger partial charge in [-0.05, 0) is 48.1 Å². The molecule has 10 nitrogen and oxygen atoms in total. The lowest BCUT2D eigenvalue weighted by molar-refractivity contribution is -0.135. The number of imide groups is 1. The fraction of sp³-hybridized carbons (Fsp3) is 0.375. The van der Waals surface area contributed by atoms with Crippen LogP contribution in [0, 0.1) is 0 Å². The molecule has 5 amide bonds. The summed E-state index contributed by atoms with van der Waals surface area (Å²) in [5, 5.41) is 7.43. The molecular formula is C24H25N5O5. The molecule has 1 aromatic carbocycles. The highest BCUT2D eigenvalue weighted by Crippen LogP contribution is 2.51. The molecule has 5 rings (SSSR count). The number of fused-ring (bicyclic) bond motifs is 2. The molecule has 0 radical (unpaired) electrons. The molecule has 3 heterocycles. The number of rotatable bonds is 4. The van der Waals surface area contributed by atoms with Crippen LogP contribution in [0.25, 0.3) is 0 Å².